The molecular formula is C16H23BrN2O2. The molecule has 116 valence electrons. The third kappa shape index (κ3) is 4.80. The Morgan fingerprint density at radius 3 is 2.38 bits per heavy atom. The van der Waals surface area contributed by atoms with E-state index in [1.54, 1.807) is 0 Å². The van der Waals surface area contributed by atoms with Crippen LogP contribution in [0.25, 0.3) is 0 Å². The summed E-state index contributed by atoms with van der Waals surface area (Å²) < 4.78 is 0.937. The lowest BCUT2D eigenvalue weighted by molar-refractivity contribution is 0.0178. The van der Waals surface area contributed by atoms with E-state index in [1.165, 1.54) is 0 Å². The van der Waals surface area contributed by atoms with Crippen LogP contribution in [0, 0.1) is 6.92 Å². The number of halogens is 1. The van der Waals surface area contributed by atoms with Gasteiger partial charge in [0.25, 0.3) is 5.91 Å². The van der Waals surface area contributed by atoms with Crippen molar-refractivity contribution in [3.8, 4) is 0 Å². The number of β-amino-alcohol motifs (C(OH)–C–C–N with tert-alkyl or cyclic N) is 1. The molecule has 2 rings (SSSR count). The maximum atomic E-state index is 12.5. The minimum absolute atomic E-state index is 0.0855. The van der Waals surface area contributed by atoms with Crippen LogP contribution >= 0.6 is 15.9 Å². The van der Waals surface area contributed by atoms with Gasteiger partial charge in [-0.05, 0) is 44.5 Å². The molecule has 0 atom stereocenters. The zero-order chi connectivity index (χ0) is 15.6. The Morgan fingerprint density at radius 1 is 1.24 bits per heavy atom. The fraction of sp³-hybridized carbons (Fsp3) is 0.562. The number of hydrogen-bond acceptors (Lipinski definition) is 3. The maximum Gasteiger partial charge on any atom is 0.253 e. The lowest BCUT2D eigenvalue weighted by Crippen LogP contribution is -2.52. The third-order valence-corrected chi connectivity index (χ3v) is 4.02. The van der Waals surface area contributed by atoms with E-state index in [0.29, 0.717) is 19.6 Å². The van der Waals surface area contributed by atoms with Crippen molar-refractivity contribution in [2.24, 2.45) is 0 Å². The molecule has 1 aromatic rings. The number of carbonyl (C=O) groups is 1. The second-order valence-electron chi connectivity index (χ2n) is 6.40. The summed E-state index contributed by atoms with van der Waals surface area (Å²) in [5.41, 5.74) is 1.12. The van der Waals surface area contributed by atoms with Crippen LogP contribution in [0.1, 0.15) is 29.8 Å². The van der Waals surface area contributed by atoms with E-state index in [9.17, 15) is 9.90 Å². The molecule has 21 heavy (non-hydrogen) atoms. The summed E-state index contributed by atoms with van der Waals surface area (Å²) >= 11 is 3.44. The number of hydrogen-bond donors (Lipinski definition) is 1. The molecule has 0 spiro atoms. The Labute approximate surface area is 134 Å². The molecule has 1 amide bonds. The van der Waals surface area contributed by atoms with Crippen LogP contribution in [-0.2, 0) is 0 Å². The summed E-state index contributed by atoms with van der Waals surface area (Å²) in [6.07, 6.45) is 0. The fourth-order valence-electron chi connectivity index (χ4n) is 2.70. The maximum absolute atomic E-state index is 12.5. The first kappa shape index (κ1) is 16.5. The van der Waals surface area contributed by atoms with Crippen LogP contribution in [0.3, 0.4) is 0 Å². The number of aliphatic hydroxyl groups is 1. The molecule has 5 heteroatoms. The quantitative estimate of drug-likeness (QED) is 0.905. The van der Waals surface area contributed by atoms with Gasteiger partial charge in [-0.3, -0.25) is 9.69 Å². The minimum Gasteiger partial charge on any atom is -0.389 e. The molecule has 1 aromatic carbocycles. The smallest absolute Gasteiger partial charge is 0.253 e. The number of carbonyl (C=O) groups excluding carboxylic acids is 1. The van der Waals surface area contributed by atoms with Crippen LogP contribution in [0.4, 0.5) is 0 Å². The molecule has 1 N–H and O–H groups in total. The molecule has 0 unspecified atom stereocenters. The largest absolute Gasteiger partial charge is 0.389 e. The zero-order valence-electron chi connectivity index (χ0n) is 12.9. The number of amides is 1. The normalized spacial score (nSPS) is 17.1. The van der Waals surface area contributed by atoms with Gasteiger partial charge in [0.1, 0.15) is 0 Å². The minimum atomic E-state index is -0.687. The predicted molar refractivity (Wildman–Crippen MR) is 87.5 cm³/mol. The molecule has 4 nitrogen and oxygen atoms in total. The average Bonchev–Trinajstić information content (AvgIpc) is 2.35. The number of aryl methyl sites for hydroxylation is 1. The lowest BCUT2D eigenvalue weighted by Gasteiger charge is -2.37. The molecule has 1 saturated heterocycles. The van der Waals surface area contributed by atoms with Crippen molar-refractivity contribution in [3.63, 3.8) is 0 Å². The van der Waals surface area contributed by atoms with E-state index in [0.717, 1.165) is 28.7 Å². The van der Waals surface area contributed by atoms with Crippen molar-refractivity contribution in [1.82, 2.24) is 9.80 Å². The summed E-state index contributed by atoms with van der Waals surface area (Å²) in [5.74, 6) is 0.0855. The van der Waals surface area contributed by atoms with E-state index < -0.39 is 5.60 Å². The number of benzene rings is 1. The van der Waals surface area contributed by atoms with Crippen LogP contribution in [0.2, 0.25) is 0 Å². The Hall–Kier alpha value is -0.910. The molecule has 0 radical (unpaired) electrons. The van der Waals surface area contributed by atoms with Crippen molar-refractivity contribution >= 4 is 21.8 Å². The summed E-state index contributed by atoms with van der Waals surface area (Å²) in [7, 11) is 0. The van der Waals surface area contributed by atoms with E-state index in [-0.39, 0.29) is 5.91 Å². The molecule has 0 aromatic heterocycles. The highest BCUT2D eigenvalue weighted by Gasteiger charge is 2.25. The predicted octanol–water partition coefficient (Wildman–Crippen LogP) is 2.29. The van der Waals surface area contributed by atoms with Gasteiger partial charge in [-0.15, -0.1) is 0 Å². The Morgan fingerprint density at radius 2 is 1.86 bits per heavy atom. The zero-order valence-corrected chi connectivity index (χ0v) is 14.5. The van der Waals surface area contributed by atoms with Gasteiger partial charge >= 0.3 is 0 Å². The molecule has 0 saturated carbocycles. The topological polar surface area (TPSA) is 43.8 Å². The summed E-state index contributed by atoms with van der Waals surface area (Å²) in [6.45, 7) is 9.30. The molecule has 0 bridgehead atoms. The van der Waals surface area contributed by atoms with Gasteiger partial charge in [-0.25, -0.2) is 0 Å². The summed E-state index contributed by atoms with van der Waals surface area (Å²) in [5, 5.41) is 9.86. The second-order valence-corrected chi connectivity index (χ2v) is 7.31. The van der Waals surface area contributed by atoms with Gasteiger partial charge in [-0.1, -0.05) is 15.9 Å². The van der Waals surface area contributed by atoms with Gasteiger partial charge in [0, 0.05) is 42.8 Å². The van der Waals surface area contributed by atoms with Gasteiger partial charge in [0.2, 0.25) is 0 Å². The van der Waals surface area contributed by atoms with Crippen LogP contribution < -0.4 is 0 Å². The molecular weight excluding hydrogens is 332 g/mol. The Balaban J connectivity index is 1.97. The van der Waals surface area contributed by atoms with Crippen molar-refractivity contribution in [3.05, 3.63) is 33.8 Å². The average molecular weight is 355 g/mol. The summed E-state index contributed by atoms with van der Waals surface area (Å²) in [6, 6.07) is 5.80. The third-order valence-electron chi connectivity index (χ3n) is 3.56. The van der Waals surface area contributed by atoms with Crippen molar-refractivity contribution in [2.45, 2.75) is 26.4 Å². The van der Waals surface area contributed by atoms with E-state index in [4.69, 9.17) is 0 Å². The van der Waals surface area contributed by atoms with Gasteiger partial charge in [0.15, 0.2) is 0 Å². The van der Waals surface area contributed by atoms with Crippen molar-refractivity contribution in [2.75, 3.05) is 32.7 Å². The van der Waals surface area contributed by atoms with Gasteiger partial charge < -0.3 is 10.0 Å². The van der Waals surface area contributed by atoms with Gasteiger partial charge in [0.05, 0.1) is 5.60 Å². The monoisotopic (exact) mass is 354 g/mol. The fourth-order valence-corrected chi connectivity index (χ4v) is 3.31. The van der Waals surface area contributed by atoms with Crippen LogP contribution in [0.15, 0.2) is 22.7 Å². The standard InChI is InChI=1S/C16H23BrN2O2/c1-12-8-13(10-14(17)9-12)15(20)19-6-4-18(5-7-19)11-16(2,3)21/h8-10,21H,4-7,11H2,1-3H3. The first-order chi connectivity index (χ1) is 9.74. The van der Waals surface area contributed by atoms with Crippen molar-refractivity contribution in [1.29, 1.82) is 0 Å². The molecule has 0 aliphatic carbocycles. The highest BCUT2D eigenvalue weighted by atomic mass is 79.9. The number of nitrogens with zero attached hydrogens (tertiary/aromatic N) is 2. The van der Waals surface area contributed by atoms with Crippen molar-refractivity contribution < 1.29 is 9.90 Å². The number of rotatable bonds is 3. The first-order valence-corrected chi connectivity index (χ1v) is 8.05. The molecule has 1 aliphatic rings. The van der Waals surface area contributed by atoms with E-state index in [2.05, 4.69) is 20.8 Å². The highest BCUT2D eigenvalue weighted by Crippen LogP contribution is 2.18. The van der Waals surface area contributed by atoms with E-state index in [1.807, 2.05) is 43.9 Å². The number of piperazine rings is 1. The highest BCUT2D eigenvalue weighted by molar-refractivity contribution is 9.10. The molecule has 1 aliphatic heterocycles. The van der Waals surface area contributed by atoms with Crippen LogP contribution in [-0.4, -0.2) is 59.1 Å². The molecule has 1 fully saturated rings. The Kier molecular flexibility index (Phi) is 5.07. The molecule has 1 heterocycles. The van der Waals surface area contributed by atoms with Crippen LogP contribution in [0.5, 0.6) is 0 Å². The first-order valence-electron chi connectivity index (χ1n) is 7.26. The Bertz CT molecular complexity index is 497. The second kappa shape index (κ2) is 6.46. The SMILES string of the molecule is Cc1cc(Br)cc(C(=O)N2CCN(CC(C)(C)O)CC2)c1. The lowest BCUT2D eigenvalue weighted by atomic mass is 10.1. The summed E-state index contributed by atoms with van der Waals surface area (Å²) in [4.78, 5) is 16.6. The van der Waals surface area contributed by atoms with E-state index >= 15 is 0 Å². The van der Waals surface area contributed by atoms with Gasteiger partial charge in [-0.2, -0.15) is 0 Å².